The van der Waals surface area contributed by atoms with Crippen LogP contribution in [0.1, 0.15) is 47.5 Å². The van der Waals surface area contributed by atoms with E-state index in [1.807, 2.05) is 44.5 Å². The smallest absolute Gasteiger partial charge is 0.336 e. The first-order chi connectivity index (χ1) is 13.7. The Hall–Kier alpha value is -2.89. The molecule has 0 atom stereocenters. The summed E-state index contributed by atoms with van der Waals surface area (Å²) in [5.41, 5.74) is 5.44. The number of aryl methyl sites for hydroxylation is 3. The van der Waals surface area contributed by atoms with E-state index in [2.05, 4.69) is 18.9 Å². The van der Waals surface area contributed by atoms with Crippen molar-refractivity contribution in [3.63, 3.8) is 0 Å². The summed E-state index contributed by atoms with van der Waals surface area (Å²) in [5.74, 6) is 0.128. The summed E-state index contributed by atoms with van der Waals surface area (Å²) in [6.07, 6.45) is 0.160. The number of hydrogen-bond acceptors (Lipinski definition) is 5. The van der Waals surface area contributed by atoms with Crippen molar-refractivity contribution < 1.29 is 13.9 Å². The Morgan fingerprint density at radius 2 is 1.93 bits per heavy atom. The fourth-order valence-electron chi connectivity index (χ4n) is 3.51. The van der Waals surface area contributed by atoms with Crippen molar-refractivity contribution in [1.29, 1.82) is 0 Å². The quantitative estimate of drug-likeness (QED) is 0.462. The molecule has 0 N–H and O–H groups in total. The molecule has 0 aliphatic heterocycles. The molecule has 154 valence electrons. The van der Waals surface area contributed by atoms with Crippen LogP contribution < -0.4 is 5.63 Å². The van der Waals surface area contributed by atoms with Crippen LogP contribution in [0.2, 0.25) is 0 Å². The minimum Gasteiger partial charge on any atom is -0.461 e. The molecule has 1 aromatic carbocycles. The van der Waals surface area contributed by atoms with E-state index >= 15 is 0 Å². The molecule has 2 aromatic heterocycles. The van der Waals surface area contributed by atoms with Gasteiger partial charge in [0.2, 0.25) is 0 Å². The zero-order chi connectivity index (χ0) is 21.3. The highest BCUT2D eigenvalue weighted by atomic mass is 16.5. The van der Waals surface area contributed by atoms with E-state index in [-0.39, 0.29) is 19.0 Å². The minimum atomic E-state index is -0.445. The summed E-state index contributed by atoms with van der Waals surface area (Å²) in [6.45, 7) is 12.9. The predicted molar refractivity (Wildman–Crippen MR) is 112 cm³/mol. The molecule has 0 fully saturated rings. The molecule has 0 unspecified atom stereocenters. The summed E-state index contributed by atoms with van der Waals surface area (Å²) >= 11 is 0. The number of hydrogen-bond donors (Lipinski definition) is 0. The molecule has 29 heavy (non-hydrogen) atoms. The van der Waals surface area contributed by atoms with Crippen molar-refractivity contribution in [2.24, 2.45) is 5.92 Å². The fourth-order valence-corrected chi connectivity index (χ4v) is 3.51. The van der Waals surface area contributed by atoms with Crippen LogP contribution in [0.4, 0.5) is 0 Å². The monoisotopic (exact) mass is 396 g/mol. The van der Waals surface area contributed by atoms with Crippen LogP contribution >= 0.6 is 0 Å². The molecular formula is C23H28N2O4. The lowest BCUT2D eigenvalue weighted by Gasteiger charge is -2.10. The second kappa shape index (κ2) is 8.23. The number of ether oxygens (including phenoxy) is 1. The Kier molecular flexibility index (Phi) is 5.91. The highest BCUT2D eigenvalue weighted by molar-refractivity contribution is 5.84. The van der Waals surface area contributed by atoms with Crippen LogP contribution in [0.3, 0.4) is 0 Å². The number of nitrogens with zero attached hydrogens (tertiary/aromatic N) is 2. The van der Waals surface area contributed by atoms with Crippen LogP contribution in [-0.2, 0) is 29.1 Å². The molecule has 6 heteroatoms. The van der Waals surface area contributed by atoms with Gasteiger partial charge in [-0.25, -0.2) is 4.79 Å². The average molecular weight is 396 g/mol. The molecule has 3 aromatic rings. The first-order valence-electron chi connectivity index (χ1n) is 9.88. The lowest BCUT2D eigenvalue weighted by molar-refractivity contribution is -0.144. The van der Waals surface area contributed by atoms with Gasteiger partial charge in [-0.3, -0.25) is 9.48 Å². The normalized spacial score (nSPS) is 11.4. The van der Waals surface area contributed by atoms with Gasteiger partial charge in [0.05, 0.1) is 12.1 Å². The molecule has 0 bridgehead atoms. The van der Waals surface area contributed by atoms with Crippen LogP contribution in [0.15, 0.2) is 27.4 Å². The number of fused-ring (bicyclic) bond motifs is 1. The van der Waals surface area contributed by atoms with Gasteiger partial charge in [0.1, 0.15) is 12.2 Å². The van der Waals surface area contributed by atoms with E-state index in [4.69, 9.17) is 9.15 Å². The zero-order valence-corrected chi connectivity index (χ0v) is 18.0. The third-order valence-corrected chi connectivity index (χ3v) is 5.30. The Morgan fingerprint density at radius 3 is 2.62 bits per heavy atom. The second-order valence-electron chi connectivity index (χ2n) is 8.04. The van der Waals surface area contributed by atoms with Crippen molar-refractivity contribution in [3.8, 4) is 0 Å². The standard InChI is InChI=1S/C23H28N2O4/c1-13(2)11-25-17(6)20(16(5)24-25)10-21(26)28-12-18-9-22(27)29-23-15(4)14(3)7-8-19(18)23/h7-9,13H,10-12H2,1-6H3. The first kappa shape index (κ1) is 20.8. The molecular weight excluding hydrogens is 368 g/mol. The molecule has 0 aliphatic carbocycles. The first-order valence-corrected chi connectivity index (χ1v) is 9.88. The van der Waals surface area contributed by atoms with Crippen molar-refractivity contribution in [1.82, 2.24) is 9.78 Å². The van der Waals surface area contributed by atoms with Crippen LogP contribution in [-0.4, -0.2) is 15.7 Å². The molecule has 0 aliphatic rings. The number of carbonyl (C=O) groups is 1. The summed E-state index contributed by atoms with van der Waals surface area (Å²) in [5, 5.41) is 5.34. The number of carbonyl (C=O) groups excluding carboxylic acids is 1. The van der Waals surface area contributed by atoms with Crippen molar-refractivity contribution in [3.05, 3.63) is 62.3 Å². The van der Waals surface area contributed by atoms with E-state index in [9.17, 15) is 9.59 Å². The number of esters is 1. The predicted octanol–water partition coefficient (Wildman–Crippen LogP) is 4.17. The fraction of sp³-hybridized carbons (Fsp3) is 0.435. The van der Waals surface area contributed by atoms with Gasteiger partial charge in [-0.15, -0.1) is 0 Å². The van der Waals surface area contributed by atoms with Gasteiger partial charge in [0, 0.05) is 34.8 Å². The van der Waals surface area contributed by atoms with Crippen LogP contribution in [0.25, 0.3) is 11.0 Å². The van der Waals surface area contributed by atoms with Gasteiger partial charge in [-0.2, -0.15) is 5.10 Å². The molecule has 0 saturated heterocycles. The summed E-state index contributed by atoms with van der Waals surface area (Å²) in [4.78, 5) is 24.5. The highest BCUT2D eigenvalue weighted by Crippen LogP contribution is 2.24. The summed E-state index contributed by atoms with van der Waals surface area (Å²) in [7, 11) is 0. The highest BCUT2D eigenvalue weighted by Gasteiger charge is 2.17. The van der Waals surface area contributed by atoms with Gasteiger partial charge >= 0.3 is 11.6 Å². The molecule has 2 heterocycles. The van der Waals surface area contributed by atoms with E-state index in [0.29, 0.717) is 17.1 Å². The second-order valence-corrected chi connectivity index (χ2v) is 8.04. The Bertz CT molecular complexity index is 1120. The van der Waals surface area contributed by atoms with Crippen molar-refractivity contribution in [2.45, 2.75) is 61.1 Å². The Morgan fingerprint density at radius 1 is 1.21 bits per heavy atom. The molecule has 3 rings (SSSR count). The molecule has 0 spiro atoms. The molecule has 0 radical (unpaired) electrons. The van der Waals surface area contributed by atoms with Gasteiger partial charge in [0.25, 0.3) is 0 Å². The number of rotatable bonds is 6. The maximum atomic E-state index is 12.5. The van der Waals surface area contributed by atoms with Gasteiger partial charge < -0.3 is 9.15 Å². The maximum absolute atomic E-state index is 12.5. The van der Waals surface area contributed by atoms with Gasteiger partial charge in [-0.1, -0.05) is 26.0 Å². The maximum Gasteiger partial charge on any atom is 0.336 e. The lowest BCUT2D eigenvalue weighted by atomic mass is 10.0. The lowest BCUT2D eigenvalue weighted by Crippen LogP contribution is -2.12. The van der Waals surface area contributed by atoms with Gasteiger partial charge in [0.15, 0.2) is 0 Å². The third kappa shape index (κ3) is 4.42. The largest absolute Gasteiger partial charge is 0.461 e. The van der Waals surface area contributed by atoms with Crippen molar-refractivity contribution in [2.75, 3.05) is 0 Å². The Labute approximate surface area is 170 Å². The minimum absolute atomic E-state index is 0.0294. The van der Waals surface area contributed by atoms with Crippen LogP contribution in [0, 0.1) is 33.6 Å². The molecule has 0 saturated carbocycles. The average Bonchev–Trinajstić information content (AvgIpc) is 2.90. The van der Waals surface area contributed by atoms with Crippen LogP contribution in [0.5, 0.6) is 0 Å². The van der Waals surface area contributed by atoms with E-state index < -0.39 is 5.63 Å². The Balaban J connectivity index is 1.78. The molecule has 0 amide bonds. The zero-order valence-electron chi connectivity index (χ0n) is 18.0. The molecule has 6 nitrogen and oxygen atoms in total. The topological polar surface area (TPSA) is 74.3 Å². The third-order valence-electron chi connectivity index (χ3n) is 5.30. The summed E-state index contributed by atoms with van der Waals surface area (Å²) < 4.78 is 12.8. The van der Waals surface area contributed by atoms with Gasteiger partial charge in [-0.05, 0) is 44.7 Å². The summed E-state index contributed by atoms with van der Waals surface area (Å²) in [6, 6.07) is 5.26. The van der Waals surface area contributed by atoms with Crippen molar-refractivity contribution >= 4 is 16.9 Å². The number of aromatic nitrogens is 2. The van der Waals surface area contributed by atoms with E-state index in [0.717, 1.165) is 40.0 Å². The van der Waals surface area contributed by atoms with E-state index in [1.165, 1.54) is 6.07 Å². The number of benzene rings is 1. The van der Waals surface area contributed by atoms with E-state index in [1.54, 1.807) is 0 Å². The SMILES string of the molecule is Cc1ccc2c(COC(=O)Cc3c(C)nn(CC(C)C)c3C)cc(=O)oc2c1C.